The lowest BCUT2D eigenvalue weighted by atomic mass is 10.1. The van der Waals surface area contributed by atoms with Crippen LogP contribution in [0.3, 0.4) is 0 Å². The van der Waals surface area contributed by atoms with E-state index in [1.807, 2.05) is 0 Å². The molecule has 0 aliphatic heterocycles. The third kappa shape index (κ3) is 7.75. The van der Waals surface area contributed by atoms with Crippen molar-refractivity contribution in [2.24, 2.45) is 0 Å². The maximum atomic E-state index is 9.53. The molecule has 0 heterocycles. The van der Waals surface area contributed by atoms with Gasteiger partial charge in [-0.3, -0.25) is 0 Å². The zero-order valence-corrected chi connectivity index (χ0v) is 9.77. The third-order valence-corrected chi connectivity index (χ3v) is 1.87. The molecule has 0 saturated heterocycles. The number of rotatable bonds is 2. The Hall–Kier alpha value is -2.14. The summed E-state index contributed by atoms with van der Waals surface area (Å²) < 4.78 is 0. The molecule has 0 spiro atoms. The van der Waals surface area contributed by atoms with Crippen molar-refractivity contribution in [2.45, 2.75) is 13.8 Å². The fourth-order valence-corrected chi connectivity index (χ4v) is 0.940. The lowest BCUT2D eigenvalue weighted by Gasteiger charge is -1.94. The first-order valence-electron chi connectivity index (χ1n) is 4.84. The van der Waals surface area contributed by atoms with Crippen LogP contribution in [0.5, 0.6) is 0 Å². The summed E-state index contributed by atoms with van der Waals surface area (Å²) in [6, 6.07) is 6.29. The highest BCUT2D eigenvalue weighted by Crippen LogP contribution is 2.09. The summed E-state index contributed by atoms with van der Waals surface area (Å²) in [6.07, 6.45) is 0.942. The number of aryl methyl sites for hydroxylation is 2. The molecule has 5 heteroatoms. The molecule has 1 rings (SSSR count). The number of quaternary nitrogens is 1. The Morgan fingerprint density at radius 2 is 1.88 bits per heavy atom. The number of hydrogen-bond donors (Lipinski definition) is 2. The van der Waals surface area contributed by atoms with E-state index in [2.05, 4.69) is 37.8 Å². The van der Waals surface area contributed by atoms with Gasteiger partial charge in [0.25, 0.3) is 0 Å². The van der Waals surface area contributed by atoms with E-state index in [0.29, 0.717) is 12.2 Å². The van der Waals surface area contributed by atoms with E-state index in [0.717, 1.165) is 5.69 Å². The van der Waals surface area contributed by atoms with Crippen molar-refractivity contribution < 1.29 is 25.5 Å². The number of aliphatic carboxylic acids is 2. The van der Waals surface area contributed by atoms with E-state index in [4.69, 9.17) is 5.11 Å². The molecule has 17 heavy (non-hydrogen) atoms. The molecular formula is C12H15NO4. The molecule has 0 radical (unpaired) electrons. The zero-order valence-electron chi connectivity index (χ0n) is 9.77. The van der Waals surface area contributed by atoms with Crippen LogP contribution in [0, 0.1) is 13.8 Å². The van der Waals surface area contributed by atoms with Crippen molar-refractivity contribution >= 4 is 17.6 Å². The van der Waals surface area contributed by atoms with E-state index in [-0.39, 0.29) is 0 Å². The van der Waals surface area contributed by atoms with Crippen molar-refractivity contribution in [1.82, 2.24) is 0 Å². The van der Waals surface area contributed by atoms with Gasteiger partial charge in [-0.1, -0.05) is 12.1 Å². The van der Waals surface area contributed by atoms with Crippen molar-refractivity contribution in [1.29, 1.82) is 0 Å². The molecule has 4 N–H and O–H groups in total. The molecule has 0 amide bonds. The van der Waals surface area contributed by atoms with Gasteiger partial charge in [0.1, 0.15) is 5.69 Å². The van der Waals surface area contributed by atoms with Gasteiger partial charge >= 0.3 is 5.97 Å². The Kier molecular flexibility index (Phi) is 6.28. The predicted octanol–water partition coefficient (Wildman–Crippen LogP) is -0.446. The van der Waals surface area contributed by atoms with Gasteiger partial charge in [0, 0.05) is 17.7 Å². The van der Waals surface area contributed by atoms with Crippen LogP contribution in [0.1, 0.15) is 11.1 Å². The predicted molar refractivity (Wildman–Crippen MR) is 60.2 cm³/mol. The van der Waals surface area contributed by atoms with Crippen LogP contribution in [0.15, 0.2) is 30.4 Å². The number of benzene rings is 1. The molecule has 0 aromatic heterocycles. The molecule has 0 bridgehead atoms. The Morgan fingerprint density at radius 1 is 1.29 bits per heavy atom. The molecule has 0 aliphatic rings. The van der Waals surface area contributed by atoms with Gasteiger partial charge in [-0.2, -0.15) is 0 Å². The van der Waals surface area contributed by atoms with E-state index < -0.39 is 11.9 Å². The summed E-state index contributed by atoms with van der Waals surface area (Å²) in [7, 11) is 0. The summed E-state index contributed by atoms with van der Waals surface area (Å²) in [5, 5.41) is 17.2. The van der Waals surface area contributed by atoms with Crippen molar-refractivity contribution in [3.63, 3.8) is 0 Å². The van der Waals surface area contributed by atoms with Crippen molar-refractivity contribution in [3.8, 4) is 0 Å². The molecule has 0 fully saturated rings. The van der Waals surface area contributed by atoms with Crippen LogP contribution < -0.4 is 10.8 Å². The van der Waals surface area contributed by atoms with Gasteiger partial charge < -0.3 is 20.7 Å². The van der Waals surface area contributed by atoms with E-state index >= 15 is 0 Å². The molecule has 1 aromatic rings. The van der Waals surface area contributed by atoms with Crippen LogP contribution in [0.2, 0.25) is 0 Å². The number of carboxylic acid groups (broad SMARTS) is 2. The first kappa shape index (κ1) is 14.9. The van der Waals surface area contributed by atoms with Gasteiger partial charge in [0.05, 0.1) is 5.97 Å². The first-order chi connectivity index (χ1) is 7.82. The number of carbonyl (C=O) groups excluding carboxylic acids is 1. The fourth-order valence-electron chi connectivity index (χ4n) is 0.940. The number of hydrogen-bond acceptors (Lipinski definition) is 3. The topological polar surface area (TPSA) is 105 Å². The van der Waals surface area contributed by atoms with Gasteiger partial charge in [0.15, 0.2) is 0 Å². The summed E-state index contributed by atoms with van der Waals surface area (Å²) in [5.41, 5.74) is 7.56. The summed E-state index contributed by atoms with van der Waals surface area (Å²) in [4.78, 5) is 19.0. The maximum absolute atomic E-state index is 9.53. The zero-order chi connectivity index (χ0) is 13.4. The van der Waals surface area contributed by atoms with Crippen LogP contribution in [0.4, 0.5) is 5.69 Å². The van der Waals surface area contributed by atoms with E-state index in [9.17, 15) is 14.7 Å². The van der Waals surface area contributed by atoms with Crippen LogP contribution >= 0.6 is 0 Å². The van der Waals surface area contributed by atoms with E-state index in [1.54, 1.807) is 0 Å². The van der Waals surface area contributed by atoms with Crippen molar-refractivity contribution in [3.05, 3.63) is 41.5 Å². The summed E-state index contributed by atoms with van der Waals surface area (Å²) in [5.74, 6) is -2.80. The molecule has 1 aromatic carbocycles. The highest BCUT2D eigenvalue weighted by Gasteiger charge is 1.93. The molecule has 0 unspecified atom stereocenters. The minimum absolute atomic E-state index is 0.447. The van der Waals surface area contributed by atoms with Gasteiger partial charge in [-0.25, -0.2) is 4.79 Å². The molecular weight excluding hydrogens is 222 g/mol. The maximum Gasteiger partial charge on any atom is 0.328 e. The SMILES string of the molecule is Cc1ccc(C)c([NH3+])c1.O=C([O-])/C=C\C(=O)O. The third-order valence-electron chi connectivity index (χ3n) is 1.87. The Bertz CT molecular complexity index is 422. The summed E-state index contributed by atoms with van der Waals surface area (Å²) in [6.45, 7) is 4.15. The quantitative estimate of drug-likeness (QED) is 0.680. The monoisotopic (exact) mass is 237 g/mol. The van der Waals surface area contributed by atoms with Crippen molar-refractivity contribution in [2.75, 3.05) is 0 Å². The first-order valence-corrected chi connectivity index (χ1v) is 4.84. The second-order valence-electron chi connectivity index (χ2n) is 3.42. The Balaban J connectivity index is 0.000000304. The lowest BCUT2D eigenvalue weighted by Crippen LogP contribution is -2.41. The smallest absolute Gasteiger partial charge is 0.328 e. The van der Waals surface area contributed by atoms with Crippen LogP contribution in [-0.4, -0.2) is 17.0 Å². The van der Waals surface area contributed by atoms with Crippen LogP contribution in [-0.2, 0) is 9.59 Å². The average Bonchev–Trinajstić information content (AvgIpc) is 2.22. The molecule has 0 aliphatic carbocycles. The lowest BCUT2D eigenvalue weighted by molar-refractivity contribution is -0.297. The largest absolute Gasteiger partial charge is 0.545 e. The average molecular weight is 237 g/mol. The van der Waals surface area contributed by atoms with Gasteiger partial charge in [-0.15, -0.1) is 0 Å². The normalized spacial score (nSPS) is 9.59. The Morgan fingerprint density at radius 3 is 2.18 bits per heavy atom. The second kappa shape index (κ2) is 7.19. The minimum atomic E-state index is -1.51. The second-order valence-corrected chi connectivity index (χ2v) is 3.42. The highest BCUT2D eigenvalue weighted by atomic mass is 16.4. The number of carbonyl (C=O) groups is 2. The molecule has 0 atom stereocenters. The van der Waals surface area contributed by atoms with E-state index in [1.165, 1.54) is 11.1 Å². The van der Waals surface area contributed by atoms with Gasteiger partial charge in [0.2, 0.25) is 0 Å². The fraction of sp³-hybridized carbons (Fsp3) is 0.167. The van der Waals surface area contributed by atoms with Crippen LogP contribution in [0.25, 0.3) is 0 Å². The Labute approximate surface area is 99.2 Å². The minimum Gasteiger partial charge on any atom is -0.545 e. The molecule has 92 valence electrons. The molecule has 5 nitrogen and oxygen atoms in total. The van der Waals surface area contributed by atoms with Gasteiger partial charge in [-0.05, 0) is 25.5 Å². The summed E-state index contributed by atoms with van der Waals surface area (Å²) >= 11 is 0. The number of carboxylic acids is 2. The standard InChI is InChI=1S/C8H11N.C4H4O4/c1-6-3-4-7(2)8(9)5-6;5-3(6)1-2-4(7)8/h3-5H,9H2,1-2H3;1-2H,(H,5,6)(H,7,8)/b;2-1-. The highest BCUT2D eigenvalue weighted by molar-refractivity contribution is 5.88. The molecule has 0 saturated carbocycles.